The Morgan fingerprint density at radius 3 is 2.62 bits per heavy atom. The van der Waals surface area contributed by atoms with Gasteiger partial charge in [-0.25, -0.2) is 0 Å². The minimum atomic E-state index is -0.200. The molecule has 21 heavy (non-hydrogen) atoms. The number of benzene rings is 3. The van der Waals surface area contributed by atoms with Crippen LogP contribution in [0.4, 0.5) is 0 Å². The number of aryl methyl sites for hydroxylation is 1. The van der Waals surface area contributed by atoms with Crippen molar-refractivity contribution in [1.82, 2.24) is 0 Å². The molecule has 0 aliphatic rings. The van der Waals surface area contributed by atoms with Crippen molar-refractivity contribution in [1.29, 1.82) is 0 Å². The Kier molecular flexibility index (Phi) is 2.33. The van der Waals surface area contributed by atoms with E-state index in [4.69, 9.17) is 4.42 Å². The summed E-state index contributed by atoms with van der Waals surface area (Å²) in [5.41, 5.74) is 1.78. The van der Waals surface area contributed by atoms with Gasteiger partial charge in [0, 0.05) is 5.39 Å². The van der Waals surface area contributed by atoms with Crippen molar-refractivity contribution in [3.63, 3.8) is 0 Å². The monoisotopic (exact) mass is 276 g/mol. The lowest BCUT2D eigenvalue weighted by Gasteiger charge is -2.07. The Morgan fingerprint density at radius 2 is 1.76 bits per heavy atom. The van der Waals surface area contributed by atoms with E-state index >= 15 is 0 Å². The molecule has 3 nitrogen and oxygen atoms in total. The maximum absolute atomic E-state index is 12.6. The van der Waals surface area contributed by atoms with Crippen LogP contribution in [0.15, 0.2) is 57.7 Å². The predicted molar refractivity (Wildman–Crippen MR) is 83.9 cm³/mol. The highest BCUT2D eigenvalue weighted by Crippen LogP contribution is 2.33. The van der Waals surface area contributed by atoms with Crippen LogP contribution in [0.3, 0.4) is 0 Å². The number of hydrogen-bond donors (Lipinski definition) is 1. The Labute approximate surface area is 120 Å². The molecule has 0 amide bonds. The number of aromatic hydroxyl groups is 1. The summed E-state index contributed by atoms with van der Waals surface area (Å²) >= 11 is 0. The highest BCUT2D eigenvalue weighted by molar-refractivity contribution is 6.05. The zero-order valence-electron chi connectivity index (χ0n) is 11.4. The molecule has 0 spiro atoms. The summed E-state index contributed by atoms with van der Waals surface area (Å²) in [4.78, 5) is 12.6. The first kappa shape index (κ1) is 12.0. The molecule has 0 atom stereocenters. The molecule has 0 radical (unpaired) electrons. The van der Waals surface area contributed by atoms with Gasteiger partial charge in [0.15, 0.2) is 0 Å². The number of phenolic OH excluding ortho intramolecular Hbond substituents is 1. The Morgan fingerprint density at radius 1 is 0.952 bits per heavy atom. The van der Waals surface area contributed by atoms with Crippen LogP contribution < -0.4 is 5.43 Å². The zero-order valence-corrected chi connectivity index (χ0v) is 11.4. The van der Waals surface area contributed by atoms with Crippen molar-refractivity contribution in [3.05, 3.63) is 64.3 Å². The van der Waals surface area contributed by atoms with Crippen LogP contribution in [0.5, 0.6) is 5.75 Å². The maximum Gasteiger partial charge on any atom is 0.204 e. The molecule has 0 fully saturated rings. The van der Waals surface area contributed by atoms with Gasteiger partial charge in [-0.05, 0) is 36.1 Å². The number of hydrogen-bond acceptors (Lipinski definition) is 3. The molecule has 1 heterocycles. The van der Waals surface area contributed by atoms with Crippen molar-refractivity contribution >= 4 is 32.7 Å². The van der Waals surface area contributed by atoms with Crippen LogP contribution in [0.25, 0.3) is 32.7 Å². The van der Waals surface area contributed by atoms with E-state index in [1.165, 1.54) is 0 Å². The smallest absolute Gasteiger partial charge is 0.204 e. The molecule has 1 aromatic heterocycles. The van der Waals surface area contributed by atoms with Gasteiger partial charge in [-0.15, -0.1) is 0 Å². The maximum atomic E-state index is 12.6. The second-order valence-corrected chi connectivity index (χ2v) is 5.25. The standard InChI is InChI=1S/C18H12O3/c1-10-6-7-13-14(8-10)21-15-9-11-4-2-3-5-12(11)17(19)16(15)18(13)20/h2-9,19H,1H3. The SMILES string of the molecule is Cc1ccc2c(=O)c3c(O)c4ccccc4cc3oc2c1. The van der Waals surface area contributed by atoms with Gasteiger partial charge >= 0.3 is 0 Å². The molecule has 0 aliphatic carbocycles. The molecular weight excluding hydrogens is 264 g/mol. The highest BCUT2D eigenvalue weighted by atomic mass is 16.3. The van der Waals surface area contributed by atoms with Gasteiger partial charge in [0.2, 0.25) is 5.43 Å². The van der Waals surface area contributed by atoms with E-state index in [1.54, 1.807) is 18.2 Å². The molecule has 0 aliphatic heterocycles. The van der Waals surface area contributed by atoms with Gasteiger partial charge in [0.25, 0.3) is 0 Å². The predicted octanol–water partition coefficient (Wildman–Crippen LogP) is 4.11. The van der Waals surface area contributed by atoms with Crippen molar-refractivity contribution in [3.8, 4) is 5.75 Å². The minimum absolute atomic E-state index is 0.0145. The average Bonchev–Trinajstić information content (AvgIpc) is 2.47. The fourth-order valence-electron chi connectivity index (χ4n) is 2.76. The van der Waals surface area contributed by atoms with Crippen LogP contribution >= 0.6 is 0 Å². The summed E-state index contributed by atoms with van der Waals surface area (Å²) < 4.78 is 5.84. The quantitative estimate of drug-likeness (QED) is 0.492. The molecule has 0 saturated carbocycles. The van der Waals surface area contributed by atoms with Crippen LogP contribution in [0.1, 0.15) is 5.56 Å². The Bertz CT molecular complexity index is 1070. The molecule has 3 aromatic carbocycles. The van der Waals surface area contributed by atoms with E-state index in [-0.39, 0.29) is 16.6 Å². The summed E-state index contributed by atoms with van der Waals surface area (Å²) in [6.07, 6.45) is 0. The third kappa shape index (κ3) is 1.64. The second kappa shape index (κ2) is 4.09. The lowest BCUT2D eigenvalue weighted by Crippen LogP contribution is -2.02. The van der Waals surface area contributed by atoms with E-state index in [0.29, 0.717) is 21.9 Å². The minimum Gasteiger partial charge on any atom is -0.506 e. The van der Waals surface area contributed by atoms with Gasteiger partial charge in [-0.3, -0.25) is 4.79 Å². The van der Waals surface area contributed by atoms with Gasteiger partial charge in [-0.1, -0.05) is 30.3 Å². The van der Waals surface area contributed by atoms with Crippen LogP contribution in [0.2, 0.25) is 0 Å². The molecule has 0 bridgehead atoms. The Hall–Kier alpha value is -2.81. The van der Waals surface area contributed by atoms with Gasteiger partial charge in [0.1, 0.15) is 22.3 Å². The fraction of sp³-hybridized carbons (Fsp3) is 0.0556. The molecule has 0 unspecified atom stereocenters. The first-order chi connectivity index (χ1) is 10.1. The average molecular weight is 276 g/mol. The van der Waals surface area contributed by atoms with E-state index in [0.717, 1.165) is 10.9 Å². The lowest BCUT2D eigenvalue weighted by molar-refractivity contribution is 0.486. The Balaban J connectivity index is 2.31. The third-order valence-corrected chi connectivity index (χ3v) is 3.81. The lowest BCUT2D eigenvalue weighted by atomic mass is 10.0. The topological polar surface area (TPSA) is 50.4 Å². The molecule has 1 N–H and O–H groups in total. The van der Waals surface area contributed by atoms with Crippen molar-refractivity contribution in [2.75, 3.05) is 0 Å². The van der Waals surface area contributed by atoms with Crippen LogP contribution in [-0.4, -0.2) is 5.11 Å². The molecular formula is C18H12O3. The first-order valence-corrected chi connectivity index (χ1v) is 6.73. The second-order valence-electron chi connectivity index (χ2n) is 5.25. The third-order valence-electron chi connectivity index (χ3n) is 3.81. The van der Waals surface area contributed by atoms with Gasteiger partial charge in [-0.2, -0.15) is 0 Å². The van der Waals surface area contributed by atoms with E-state index in [9.17, 15) is 9.90 Å². The summed E-state index contributed by atoms with van der Waals surface area (Å²) in [6.45, 7) is 1.95. The largest absolute Gasteiger partial charge is 0.506 e. The number of phenols is 1. The molecule has 0 saturated heterocycles. The normalized spacial score (nSPS) is 11.5. The van der Waals surface area contributed by atoms with E-state index in [2.05, 4.69) is 0 Å². The van der Waals surface area contributed by atoms with E-state index in [1.807, 2.05) is 37.3 Å². The molecule has 4 rings (SSSR count). The first-order valence-electron chi connectivity index (χ1n) is 6.73. The summed E-state index contributed by atoms with van der Waals surface area (Å²) in [5, 5.41) is 12.7. The van der Waals surface area contributed by atoms with Crippen molar-refractivity contribution < 1.29 is 9.52 Å². The zero-order chi connectivity index (χ0) is 14.6. The molecule has 3 heteroatoms. The van der Waals surface area contributed by atoms with Crippen LogP contribution in [-0.2, 0) is 0 Å². The summed E-state index contributed by atoms with van der Waals surface area (Å²) in [5.74, 6) is -0.0145. The highest BCUT2D eigenvalue weighted by Gasteiger charge is 2.14. The number of fused-ring (bicyclic) bond motifs is 3. The summed E-state index contributed by atoms with van der Waals surface area (Å²) in [7, 11) is 0. The van der Waals surface area contributed by atoms with Crippen molar-refractivity contribution in [2.24, 2.45) is 0 Å². The fourth-order valence-corrected chi connectivity index (χ4v) is 2.76. The molecule has 102 valence electrons. The van der Waals surface area contributed by atoms with E-state index < -0.39 is 0 Å². The van der Waals surface area contributed by atoms with Crippen molar-refractivity contribution in [2.45, 2.75) is 6.92 Å². The van der Waals surface area contributed by atoms with Gasteiger partial charge < -0.3 is 9.52 Å². The van der Waals surface area contributed by atoms with Crippen LogP contribution in [0, 0.1) is 6.92 Å². The van der Waals surface area contributed by atoms with Gasteiger partial charge in [0.05, 0.1) is 5.39 Å². The molecule has 4 aromatic rings. The summed E-state index contributed by atoms with van der Waals surface area (Å²) in [6, 6.07) is 14.6. The number of rotatable bonds is 0.